The normalized spacial score (nSPS) is 13.1. The molecule has 1 fully saturated rings. The van der Waals surface area contributed by atoms with E-state index in [1.54, 1.807) is 42.0 Å². The van der Waals surface area contributed by atoms with Gasteiger partial charge in [0.2, 0.25) is 5.91 Å². The number of pyridine rings is 1. The summed E-state index contributed by atoms with van der Waals surface area (Å²) in [5, 5.41) is 42.3. The van der Waals surface area contributed by atoms with Gasteiger partial charge in [0.25, 0.3) is 0 Å². The first-order chi connectivity index (χ1) is 22.8. The number of aromatic hydroxyl groups is 1. The van der Waals surface area contributed by atoms with Gasteiger partial charge in [0, 0.05) is 49.4 Å². The minimum absolute atomic E-state index is 0.0222. The van der Waals surface area contributed by atoms with E-state index in [9.17, 15) is 29.2 Å². The number of ether oxygens (including phenoxy) is 1. The third-order valence-electron chi connectivity index (χ3n) is 8.29. The molecule has 1 saturated heterocycles. The number of phenolic OH excluding ortho intramolecular Hbond substituents is 1. The van der Waals surface area contributed by atoms with Crippen LogP contribution in [0.1, 0.15) is 41.5 Å². The highest BCUT2D eigenvalue weighted by Crippen LogP contribution is 2.41. The Morgan fingerprint density at radius 1 is 1.04 bits per heavy atom. The lowest BCUT2D eigenvalue weighted by atomic mass is 9.91. The fourth-order valence-corrected chi connectivity index (χ4v) is 5.75. The van der Waals surface area contributed by atoms with Crippen LogP contribution in [0.5, 0.6) is 11.5 Å². The summed E-state index contributed by atoms with van der Waals surface area (Å²) in [4.78, 5) is 17.9. The number of hydroxylamine groups is 1. The summed E-state index contributed by atoms with van der Waals surface area (Å²) in [5.74, 6) is -1.10. The predicted octanol–water partition coefficient (Wildman–Crippen LogP) is 5.35. The summed E-state index contributed by atoms with van der Waals surface area (Å²) in [6, 6.07) is 18.1. The lowest BCUT2D eigenvalue weighted by molar-refractivity contribution is -0.129. The van der Waals surface area contributed by atoms with Crippen molar-refractivity contribution in [2.24, 2.45) is 0 Å². The lowest BCUT2D eigenvalue weighted by Gasteiger charge is -2.34. The van der Waals surface area contributed by atoms with Crippen LogP contribution in [0, 0.1) is 34.3 Å². The number of halogens is 2. The van der Waals surface area contributed by atoms with Crippen molar-refractivity contribution in [3.05, 3.63) is 94.7 Å². The number of hydrogen-bond acceptors (Lipinski definition) is 9. The van der Waals surface area contributed by atoms with Gasteiger partial charge in [-0.1, -0.05) is 24.3 Å². The number of benzene rings is 3. The summed E-state index contributed by atoms with van der Waals surface area (Å²) in [5.41, 5.74) is 4.66. The van der Waals surface area contributed by atoms with Gasteiger partial charge in [-0.2, -0.15) is 10.5 Å². The third-order valence-corrected chi connectivity index (χ3v) is 8.29. The highest BCUT2D eigenvalue weighted by molar-refractivity contribution is 5.90. The van der Waals surface area contributed by atoms with Gasteiger partial charge < -0.3 is 20.1 Å². The SMILES string of the molecule is COc1ccc(-c2cnc(N3CCC(NCc4ccc(CCC(=O)NO)c(F)c4)CC3)c(C#N)c2-c2ccc(C#N)c(F)c2)cc1O. The number of aryl methyl sites for hydroxylation is 1. The zero-order valence-corrected chi connectivity index (χ0v) is 25.6. The number of methoxy groups -OCH3 is 1. The Hall–Kier alpha value is -5.56. The van der Waals surface area contributed by atoms with E-state index in [4.69, 9.17) is 9.94 Å². The minimum atomic E-state index is -0.716. The number of carbonyl (C=O) groups excluding carboxylic acids is 1. The molecule has 0 saturated carbocycles. The van der Waals surface area contributed by atoms with Gasteiger partial charge in [0.1, 0.15) is 35.2 Å². The predicted molar refractivity (Wildman–Crippen MR) is 169 cm³/mol. The second-order valence-electron chi connectivity index (χ2n) is 11.2. The topological polar surface area (TPSA) is 155 Å². The van der Waals surface area contributed by atoms with Crippen LogP contribution in [0.3, 0.4) is 0 Å². The molecule has 1 aliphatic rings. The second kappa shape index (κ2) is 14.7. The molecule has 47 heavy (non-hydrogen) atoms. The van der Waals surface area contributed by atoms with Crippen LogP contribution in [0.4, 0.5) is 14.6 Å². The van der Waals surface area contributed by atoms with Crippen LogP contribution in [0.25, 0.3) is 22.3 Å². The molecule has 4 N–H and O–H groups in total. The van der Waals surface area contributed by atoms with E-state index in [0.29, 0.717) is 53.3 Å². The van der Waals surface area contributed by atoms with E-state index in [0.717, 1.165) is 18.4 Å². The molecule has 1 aliphatic heterocycles. The van der Waals surface area contributed by atoms with Crippen LogP contribution in [-0.2, 0) is 17.8 Å². The van der Waals surface area contributed by atoms with Crippen LogP contribution in [0.2, 0.25) is 0 Å². The van der Waals surface area contributed by atoms with Crippen LogP contribution in [-0.4, -0.2) is 47.4 Å². The summed E-state index contributed by atoms with van der Waals surface area (Å²) in [6.45, 7) is 1.59. The van der Waals surface area contributed by atoms with Crippen molar-refractivity contribution in [3.63, 3.8) is 0 Å². The highest BCUT2D eigenvalue weighted by atomic mass is 19.1. The fraction of sp³-hybridized carbons (Fsp3) is 0.257. The molecule has 0 bridgehead atoms. The second-order valence-corrected chi connectivity index (χ2v) is 11.2. The summed E-state index contributed by atoms with van der Waals surface area (Å²) in [6.07, 6.45) is 3.19. The molecular formula is C35H32F2N6O4. The maximum absolute atomic E-state index is 14.8. The van der Waals surface area contributed by atoms with Gasteiger partial charge in [-0.05, 0) is 71.8 Å². The van der Waals surface area contributed by atoms with Crippen LogP contribution < -0.4 is 20.4 Å². The monoisotopic (exact) mass is 638 g/mol. The number of aromatic nitrogens is 1. The average Bonchev–Trinajstić information content (AvgIpc) is 3.09. The summed E-state index contributed by atoms with van der Waals surface area (Å²) < 4.78 is 34.6. The highest BCUT2D eigenvalue weighted by Gasteiger charge is 2.26. The van der Waals surface area contributed by atoms with E-state index in [1.165, 1.54) is 31.4 Å². The van der Waals surface area contributed by atoms with Crippen molar-refractivity contribution < 1.29 is 28.6 Å². The Kier molecular flexibility index (Phi) is 10.3. The standard InChI is InChI=1S/C35H32F2N6O4/c1-47-32-8-6-23(16-31(32)44)28-20-41-35(27(18-39)34(28)24-4-5-25(17-38)30(37)15-24)43-12-10-26(11-13-43)40-19-21-2-3-22(29(36)14-21)7-9-33(45)42-46/h2-6,8,14-16,20,26,40,44,46H,7,9-13,19H2,1H3,(H,42,45). The first-order valence-electron chi connectivity index (χ1n) is 14.9. The van der Waals surface area contributed by atoms with Crippen molar-refractivity contribution in [3.8, 4) is 45.9 Å². The first-order valence-corrected chi connectivity index (χ1v) is 14.9. The lowest BCUT2D eigenvalue weighted by Crippen LogP contribution is -2.43. The van der Waals surface area contributed by atoms with E-state index in [-0.39, 0.29) is 41.5 Å². The number of rotatable bonds is 10. The van der Waals surface area contributed by atoms with E-state index in [1.807, 2.05) is 11.0 Å². The van der Waals surface area contributed by atoms with E-state index < -0.39 is 17.5 Å². The summed E-state index contributed by atoms with van der Waals surface area (Å²) >= 11 is 0. The number of piperidine rings is 1. The largest absolute Gasteiger partial charge is 0.504 e. The zero-order valence-electron chi connectivity index (χ0n) is 25.6. The van der Waals surface area contributed by atoms with Gasteiger partial charge in [-0.25, -0.2) is 19.2 Å². The molecular weight excluding hydrogens is 606 g/mol. The van der Waals surface area contributed by atoms with Crippen LogP contribution >= 0.6 is 0 Å². The molecule has 1 amide bonds. The number of hydrogen-bond donors (Lipinski definition) is 4. The number of carbonyl (C=O) groups is 1. The summed E-state index contributed by atoms with van der Waals surface area (Å²) in [7, 11) is 1.44. The van der Waals surface area contributed by atoms with Gasteiger partial charge in [-0.3, -0.25) is 10.0 Å². The zero-order chi connectivity index (χ0) is 33.5. The molecule has 4 aromatic rings. The molecule has 1 aromatic heterocycles. The molecule has 0 aliphatic carbocycles. The molecule has 0 spiro atoms. The molecule has 3 aromatic carbocycles. The van der Waals surface area contributed by atoms with Crippen molar-refractivity contribution in [2.45, 2.75) is 38.3 Å². The van der Waals surface area contributed by atoms with Gasteiger partial charge in [0.15, 0.2) is 11.5 Å². The number of nitrogens with one attached hydrogen (secondary N) is 2. The third kappa shape index (κ3) is 7.31. The fourth-order valence-electron chi connectivity index (χ4n) is 5.75. The number of nitrogens with zero attached hydrogens (tertiary/aromatic N) is 4. The van der Waals surface area contributed by atoms with Crippen molar-refractivity contribution in [1.82, 2.24) is 15.8 Å². The van der Waals surface area contributed by atoms with Crippen molar-refractivity contribution in [1.29, 1.82) is 10.5 Å². The van der Waals surface area contributed by atoms with Gasteiger partial charge in [0.05, 0.1) is 12.7 Å². The molecule has 5 rings (SSSR count). The molecule has 240 valence electrons. The smallest absolute Gasteiger partial charge is 0.243 e. The van der Waals surface area contributed by atoms with Gasteiger partial charge >= 0.3 is 0 Å². The first kappa shape index (κ1) is 32.8. The number of nitriles is 2. The molecule has 10 nitrogen and oxygen atoms in total. The Balaban J connectivity index is 1.36. The quantitative estimate of drug-likeness (QED) is 0.133. The number of phenols is 1. The average molecular weight is 639 g/mol. The van der Waals surface area contributed by atoms with E-state index >= 15 is 0 Å². The van der Waals surface area contributed by atoms with Crippen molar-refractivity contribution in [2.75, 3.05) is 25.1 Å². The Labute approximate surface area is 270 Å². The van der Waals surface area contributed by atoms with E-state index in [2.05, 4.69) is 16.4 Å². The maximum atomic E-state index is 14.8. The molecule has 12 heteroatoms. The maximum Gasteiger partial charge on any atom is 0.243 e. The Morgan fingerprint density at radius 2 is 1.81 bits per heavy atom. The van der Waals surface area contributed by atoms with Crippen LogP contribution in [0.15, 0.2) is 60.8 Å². The molecule has 2 heterocycles. The Morgan fingerprint density at radius 3 is 2.45 bits per heavy atom. The minimum Gasteiger partial charge on any atom is -0.504 e. The molecule has 0 atom stereocenters. The molecule has 0 radical (unpaired) electrons. The molecule has 0 unspecified atom stereocenters. The number of amides is 1. The van der Waals surface area contributed by atoms with Gasteiger partial charge in [-0.15, -0.1) is 0 Å². The van der Waals surface area contributed by atoms with Crippen molar-refractivity contribution >= 4 is 11.7 Å². The Bertz CT molecular complexity index is 1880. The number of anilines is 1.